The maximum atomic E-state index is 12.0. The molecule has 1 amide bonds. The fourth-order valence-corrected chi connectivity index (χ4v) is 2.24. The average molecular weight is 282 g/mol. The highest BCUT2D eigenvalue weighted by Gasteiger charge is 2.06. The summed E-state index contributed by atoms with van der Waals surface area (Å²) in [5.74, 6) is -0.612. The number of nitrogens with one attached hydrogen (secondary N) is 2. The summed E-state index contributed by atoms with van der Waals surface area (Å²) in [5, 5.41) is 2.81. The van der Waals surface area contributed by atoms with E-state index >= 15 is 0 Å². The van der Waals surface area contributed by atoms with E-state index in [2.05, 4.69) is 10.3 Å². The molecule has 0 atom stereocenters. The van der Waals surface area contributed by atoms with Crippen LogP contribution in [0.1, 0.15) is 11.1 Å². The van der Waals surface area contributed by atoms with Crippen LogP contribution in [0.3, 0.4) is 0 Å². The summed E-state index contributed by atoms with van der Waals surface area (Å²) in [6.45, 7) is 1.99. The van der Waals surface area contributed by atoms with Gasteiger partial charge in [0.05, 0.1) is 11.9 Å². The number of H-pyrrole nitrogens is 1. The van der Waals surface area contributed by atoms with Crippen LogP contribution in [0, 0.1) is 6.92 Å². The standard InChI is InChI=1S/C16H14N2O3/c1-10-3-2-4-11(7-10)8-15(19)17-12-5-6-14-13(9-12)18-16(20)21-14/h2-7,9H,8H2,1H3,(H,17,19)(H,18,20). The highest BCUT2D eigenvalue weighted by molar-refractivity contribution is 5.94. The number of rotatable bonds is 3. The Kier molecular flexibility index (Phi) is 3.31. The number of fused-ring (bicyclic) bond motifs is 1. The first-order chi connectivity index (χ1) is 10.1. The molecule has 0 aliphatic carbocycles. The van der Waals surface area contributed by atoms with Crippen LogP contribution in [0.4, 0.5) is 5.69 Å². The van der Waals surface area contributed by atoms with Crippen molar-refractivity contribution in [2.24, 2.45) is 0 Å². The molecule has 0 unspecified atom stereocenters. The maximum absolute atomic E-state index is 12.0. The molecule has 2 aromatic carbocycles. The van der Waals surface area contributed by atoms with E-state index < -0.39 is 5.76 Å². The summed E-state index contributed by atoms with van der Waals surface area (Å²) in [5.41, 5.74) is 3.74. The largest absolute Gasteiger partial charge is 0.417 e. The molecular formula is C16H14N2O3. The third-order valence-corrected chi connectivity index (χ3v) is 3.15. The molecule has 2 N–H and O–H groups in total. The van der Waals surface area contributed by atoms with Crippen LogP contribution >= 0.6 is 0 Å². The lowest BCUT2D eigenvalue weighted by atomic mass is 10.1. The van der Waals surface area contributed by atoms with Crippen LogP contribution in [0.2, 0.25) is 0 Å². The number of carbonyl (C=O) groups excluding carboxylic acids is 1. The van der Waals surface area contributed by atoms with Crippen molar-refractivity contribution in [1.29, 1.82) is 0 Å². The van der Waals surface area contributed by atoms with E-state index in [-0.39, 0.29) is 5.91 Å². The molecule has 1 heterocycles. The van der Waals surface area contributed by atoms with Gasteiger partial charge in [-0.15, -0.1) is 0 Å². The predicted molar refractivity (Wildman–Crippen MR) is 80.3 cm³/mol. The molecule has 0 spiro atoms. The van der Waals surface area contributed by atoms with Crippen LogP contribution in [0.5, 0.6) is 0 Å². The van der Waals surface area contributed by atoms with Crippen molar-refractivity contribution >= 4 is 22.7 Å². The molecule has 0 fully saturated rings. The van der Waals surface area contributed by atoms with Gasteiger partial charge in [0.25, 0.3) is 0 Å². The lowest BCUT2D eigenvalue weighted by Crippen LogP contribution is -2.14. The minimum atomic E-state index is -0.506. The molecule has 0 aliphatic heterocycles. The van der Waals surface area contributed by atoms with Gasteiger partial charge >= 0.3 is 5.76 Å². The average Bonchev–Trinajstić information content (AvgIpc) is 2.78. The van der Waals surface area contributed by atoms with Gasteiger partial charge in [0.1, 0.15) is 0 Å². The molecule has 0 saturated heterocycles. The van der Waals surface area contributed by atoms with Crippen molar-refractivity contribution in [2.75, 3.05) is 5.32 Å². The molecule has 21 heavy (non-hydrogen) atoms. The summed E-state index contributed by atoms with van der Waals surface area (Å²) in [6, 6.07) is 12.8. The zero-order chi connectivity index (χ0) is 14.8. The van der Waals surface area contributed by atoms with Gasteiger partial charge < -0.3 is 9.73 Å². The number of carbonyl (C=O) groups is 1. The minimum absolute atomic E-state index is 0.106. The molecule has 0 bridgehead atoms. The third kappa shape index (κ3) is 3.02. The zero-order valence-electron chi connectivity index (χ0n) is 11.5. The Morgan fingerprint density at radius 1 is 1.24 bits per heavy atom. The lowest BCUT2D eigenvalue weighted by Gasteiger charge is -2.05. The number of aryl methyl sites for hydroxylation is 1. The number of oxazole rings is 1. The third-order valence-electron chi connectivity index (χ3n) is 3.15. The molecule has 106 valence electrons. The lowest BCUT2D eigenvalue weighted by molar-refractivity contribution is -0.115. The van der Waals surface area contributed by atoms with E-state index in [1.807, 2.05) is 31.2 Å². The number of hydrogen-bond donors (Lipinski definition) is 2. The maximum Gasteiger partial charge on any atom is 0.417 e. The van der Waals surface area contributed by atoms with E-state index in [9.17, 15) is 9.59 Å². The fraction of sp³-hybridized carbons (Fsp3) is 0.125. The van der Waals surface area contributed by atoms with Gasteiger partial charge in [-0.2, -0.15) is 0 Å². The fourth-order valence-electron chi connectivity index (χ4n) is 2.24. The first kappa shape index (κ1) is 13.2. The monoisotopic (exact) mass is 282 g/mol. The molecule has 3 aromatic rings. The van der Waals surface area contributed by atoms with Crippen molar-refractivity contribution in [2.45, 2.75) is 13.3 Å². The van der Waals surface area contributed by atoms with Crippen molar-refractivity contribution in [3.63, 3.8) is 0 Å². The number of aromatic amines is 1. The predicted octanol–water partition coefficient (Wildman–Crippen LogP) is 2.61. The van der Waals surface area contributed by atoms with Crippen LogP contribution in [0.15, 0.2) is 51.7 Å². The van der Waals surface area contributed by atoms with Gasteiger partial charge in [0, 0.05) is 5.69 Å². The van der Waals surface area contributed by atoms with Crippen LogP contribution in [-0.4, -0.2) is 10.9 Å². The molecule has 5 heteroatoms. The number of hydrogen-bond acceptors (Lipinski definition) is 3. The minimum Gasteiger partial charge on any atom is -0.408 e. The summed E-state index contributed by atoms with van der Waals surface area (Å²) in [6.07, 6.45) is 0.307. The zero-order valence-corrected chi connectivity index (χ0v) is 11.5. The summed E-state index contributed by atoms with van der Waals surface area (Å²) in [7, 11) is 0. The Morgan fingerprint density at radius 2 is 2.10 bits per heavy atom. The molecule has 0 aliphatic rings. The Labute approximate surface area is 120 Å². The van der Waals surface area contributed by atoms with Crippen LogP contribution < -0.4 is 11.1 Å². The van der Waals surface area contributed by atoms with Gasteiger partial charge in [-0.3, -0.25) is 9.78 Å². The Morgan fingerprint density at radius 3 is 2.90 bits per heavy atom. The normalized spacial score (nSPS) is 10.7. The first-order valence-electron chi connectivity index (χ1n) is 6.58. The highest BCUT2D eigenvalue weighted by atomic mass is 16.4. The van der Waals surface area contributed by atoms with Crippen molar-refractivity contribution in [1.82, 2.24) is 4.98 Å². The van der Waals surface area contributed by atoms with E-state index in [1.54, 1.807) is 18.2 Å². The van der Waals surface area contributed by atoms with Gasteiger partial charge in [-0.05, 0) is 30.7 Å². The van der Waals surface area contributed by atoms with Crippen LogP contribution in [-0.2, 0) is 11.2 Å². The SMILES string of the molecule is Cc1cccc(CC(=O)Nc2ccc3oc(=O)[nH]c3c2)c1. The Bertz CT molecular complexity index is 861. The second-order valence-electron chi connectivity index (χ2n) is 4.94. The molecule has 3 rings (SSSR count). The smallest absolute Gasteiger partial charge is 0.408 e. The summed E-state index contributed by atoms with van der Waals surface area (Å²) >= 11 is 0. The molecule has 1 aromatic heterocycles. The second-order valence-corrected chi connectivity index (χ2v) is 4.94. The molecule has 0 radical (unpaired) electrons. The number of benzene rings is 2. The quantitative estimate of drug-likeness (QED) is 0.775. The van der Waals surface area contributed by atoms with E-state index in [4.69, 9.17) is 4.42 Å². The first-order valence-corrected chi connectivity index (χ1v) is 6.58. The van der Waals surface area contributed by atoms with E-state index in [1.165, 1.54) is 0 Å². The van der Waals surface area contributed by atoms with Gasteiger partial charge in [-0.1, -0.05) is 29.8 Å². The van der Waals surface area contributed by atoms with Crippen molar-refractivity contribution in [3.8, 4) is 0 Å². The van der Waals surface area contributed by atoms with E-state index in [0.29, 0.717) is 23.2 Å². The number of amides is 1. The van der Waals surface area contributed by atoms with Crippen molar-refractivity contribution in [3.05, 3.63) is 64.1 Å². The van der Waals surface area contributed by atoms with Gasteiger partial charge in [0.2, 0.25) is 5.91 Å². The Balaban J connectivity index is 1.75. The highest BCUT2D eigenvalue weighted by Crippen LogP contribution is 2.16. The molecule has 5 nitrogen and oxygen atoms in total. The summed E-state index contributed by atoms with van der Waals surface area (Å²) in [4.78, 5) is 25.7. The van der Waals surface area contributed by atoms with Gasteiger partial charge in [-0.25, -0.2) is 4.79 Å². The van der Waals surface area contributed by atoms with Gasteiger partial charge in [0.15, 0.2) is 5.58 Å². The van der Waals surface area contributed by atoms with Crippen LogP contribution in [0.25, 0.3) is 11.1 Å². The number of aromatic nitrogens is 1. The topological polar surface area (TPSA) is 75.1 Å². The summed E-state index contributed by atoms with van der Waals surface area (Å²) < 4.78 is 4.91. The van der Waals surface area contributed by atoms with E-state index in [0.717, 1.165) is 11.1 Å². The Hall–Kier alpha value is -2.82. The van der Waals surface area contributed by atoms with Crippen molar-refractivity contribution < 1.29 is 9.21 Å². The second kappa shape index (κ2) is 5.28. The molecular weight excluding hydrogens is 268 g/mol. The number of anilines is 1. The molecule has 0 saturated carbocycles.